The molecule has 3 heterocycles. The fourth-order valence-electron chi connectivity index (χ4n) is 2.45. The second-order valence-electron chi connectivity index (χ2n) is 5.45. The van der Waals surface area contributed by atoms with Gasteiger partial charge in [-0.2, -0.15) is 27.7 Å². The number of aromatic nitrogens is 4. The van der Waals surface area contributed by atoms with Crippen molar-refractivity contribution in [3.8, 4) is 0 Å². The van der Waals surface area contributed by atoms with E-state index in [1.54, 1.807) is 0 Å². The predicted molar refractivity (Wildman–Crippen MR) is 81.0 cm³/mol. The third-order valence-electron chi connectivity index (χ3n) is 3.75. The maximum absolute atomic E-state index is 13.2. The van der Waals surface area contributed by atoms with Gasteiger partial charge >= 0.3 is 6.30 Å². The first-order chi connectivity index (χ1) is 11.4. The Morgan fingerprint density at radius 1 is 1.17 bits per heavy atom. The summed E-state index contributed by atoms with van der Waals surface area (Å²) in [7, 11) is 0. The highest BCUT2D eigenvalue weighted by molar-refractivity contribution is 6.35. The monoisotopic (exact) mass is 376 g/mol. The summed E-state index contributed by atoms with van der Waals surface area (Å²) in [5.41, 5.74) is -0.0731. The molecule has 0 bridgehead atoms. The van der Waals surface area contributed by atoms with Crippen molar-refractivity contribution in [2.45, 2.75) is 31.2 Å². The van der Waals surface area contributed by atoms with Crippen molar-refractivity contribution >= 4 is 35.2 Å². The molecule has 6 nitrogen and oxygen atoms in total. The molecule has 2 aliphatic rings. The molecular weight excluding hydrogens is 368 g/mol. The van der Waals surface area contributed by atoms with Crippen LogP contribution in [0.5, 0.6) is 0 Å². The van der Waals surface area contributed by atoms with E-state index in [4.69, 9.17) is 23.2 Å². The summed E-state index contributed by atoms with van der Waals surface area (Å²) in [6.07, 6.45) is -0.892. The Balaban J connectivity index is 1.86. The highest BCUT2D eigenvalue weighted by atomic mass is 35.5. The predicted octanol–water partition coefficient (Wildman–Crippen LogP) is 3.73. The molecule has 24 heavy (non-hydrogen) atoms. The number of fused-ring (bicyclic) bond motifs is 1. The lowest BCUT2D eigenvalue weighted by atomic mass is 10.2. The summed E-state index contributed by atoms with van der Waals surface area (Å²) in [5.74, 6) is 0.967. The molecule has 126 valence electrons. The normalized spacial score (nSPS) is 21.0. The Kier molecular flexibility index (Phi) is 3.47. The van der Waals surface area contributed by atoms with Crippen LogP contribution in [0.3, 0.4) is 0 Å². The Bertz CT molecular complexity index is 871. The fraction of sp³-hybridized carbons (Fsp3) is 0.385. The van der Waals surface area contributed by atoms with Crippen LogP contribution in [0.2, 0.25) is 10.3 Å². The Labute approximate surface area is 143 Å². The van der Waals surface area contributed by atoms with Crippen molar-refractivity contribution in [2.75, 3.05) is 0 Å². The van der Waals surface area contributed by atoms with Crippen LogP contribution in [0.4, 0.5) is 13.2 Å². The molecule has 0 aromatic carbocycles. The summed E-state index contributed by atoms with van der Waals surface area (Å²) < 4.78 is 40.9. The van der Waals surface area contributed by atoms with E-state index in [1.807, 2.05) is 0 Å². The molecule has 1 atom stereocenters. The lowest BCUT2D eigenvalue weighted by molar-refractivity contribution is -0.240. The summed E-state index contributed by atoms with van der Waals surface area (Å²) in [6, 6.07) is 0. The molecule has 1 unspecified atom stereocenters. The molecule has 1 aliphatic heterocycles. The third kappa shape index (κ3) is 2.51. The molecule has 0 N–H and O–H groups in total. The lowest BCUT2D eigenvalue weighted by Gasteiger charge is -2.31. The van der Waals surface area contributed by atoms with E-state index in [9.17, 15) is 13.2 Å². The van der Waals surface area contributed by atoms with Crippen molar-refractivity contribution in [3.05, 3.63) is 34.0 Å². The van der Waals surface area contributed by atoms with Crippen molar-refractivity contribution in [1.82, 2.24) is 24.5 Å². The number of hydrogen-bond donors (Lipinski definition) is 0. The van der Waals surface area contributed by atoms with Crippen LogP contribution in [-0.2, 0) is 0 Å². The molecule has 0 spiro atoms. The molecule has 11 heteroatoms. The van der Waals surface area contributed by atoms with Crippen LogP contribution < -0.4 is 0 Å². The number of alkyl halides is 3. The largest absolute Gasteiger partial charge is 0.486 e. The Hall–Kier alpha value is -1.87. The summed E-state index contributed by atoms with van der Waals surface area (Å²) in [4.78, 5) is 12.2. The maximum atomic E-state index is 13.2. The van der Waals surface area contributed by atoms with E-state index < -0.39 is 12.5 Å². The maximum Gasteiger partial charge on any atom is 0.486 e. The van der Waals surface area contributed by atoms with E-state index in [0.29, 0.717) is 5.82 Å². The van der Waals surface area contributed by atoms with Gasteiger partial charge in [0.05, 0.1) is 5.56 Å². The van der Waals surface area contributed by atoms with Crippen molar-refractivity contribution in [1.29, 1.82) is 0 Å². The molecule has 2 aromatic heterocycles. The van der Waals surface area contributed by atoms with E-state index in [2.05, 4.69) is 20.1 Å². The van der Waals surface area contributed by atoms with Gasteiger partial charge in [0.2, 0.25) is 0 Å². The molecule has 0 radical (unpaired) electrons. The zero-order chi connectivity index (χ0) is 17.1. The minimum Gasteiger partial charge on any atom is -0.264 e. The smallest absolute Gasteiger partial charge is 0.264 e. The van der Waals surface area contributed by atoms with Crippen molar-refractivity contribution in [3.63, 3.8) is 0 Å². The Morgan fingerprint density at radius 2 is 1.92 bits per heavy atom. The standard InChI is InChI=1S/C13H9Cl2F3N6/c14-8-7(11-19-4-1-5-23(11)13(16,17)18)9(15)24-12(20-8)21-10(22-24)6-2-3-6/h1,4-6,11H,2-3H2. The molecule has 1 aliphatic carbocycles. The van der Waals surface area contributed by atoms with Crippen LogP contribution in [0.1, 0.15) is 36.3 Å². The minimum atomic E-state index is -4.65. The van der Waals surface area contributed by atoms with Crippen LogP contribution in [0.25, 0.3) is 5.78 Å². The van der Waals surface area contributed by atoms with Crippen LogP contribution in [0, 0.1) is 0 Å². The second-order valence-corrected chi connectivity index (χ2v) is 6.17. The Morgan fingerprint density at radius 3 is 2.58 bits per heavy atom. The topological polar surface area (TPSA) is 58.7 Å². The first kappa shape index (κ1) is 15.6. The van der Waals surface area contributed by atoms with Gasteiger partial charge in [-0.1, -0.05) is 23.2 Å². The van der Waals surface area contributed by atoms with Crippen molar-refractivity contribution < 1.29 is 13.2 Å². The number of hydrogen-bond acceptors (Lipinski definition) is 5. The summed E-state index contributed by atoms with van der Waals surface area (Å²) in [6.45, 7) is 0. The van der Waals surface area contributed by atoms with E-state index in [0.717, 1.165) is 19.0 Å². The highest BCUT2D eigenvalue weighted by Crippen LogP contribution is 2.41. The van der Waals surface area contributed by atoms with Crippen molar-refractivity contribution in [2.24, 2.45) is 4.99 Å². The number of rotatable bonds is 2. The van der Waals surface area contributed by atoms with Gasteiger partial charge in [-0.3, -0.25) is 9.89 Å². The number of nitrogens with zero attached hydrogens (tertiary/aromatic N) is 6. The van der Waals surface area contributed by atoms with Gasteiger partial charge in [0, 0.05) is 18.3 Å². The quantitative estimate of drug-likeness (QED) is 0.591. The van der Waals surface area contributed by atoms with E-state index >= 15 is 0 Å². The number of halogens is 5. The van der Waals surface area contributed by atoms with Gasteiger partial charge in [0.15, 0.2) is 12.0 Å². The number of aliphatic imine (C=N–C) groups is 1. The molecule has 0 amide bonds. The molecule has 1 fully saturated rings. The number of allylic oxidation sites excluding steroid dienone is 1. The van der Waals surface area contributed by atoms with Gasteiger partial charge < -0.3 is 0 Å². The van der Waals surface area contributed by atoms with Gasteiger partial charge in [0.1, 0.15) is 10.3 Å². The second kappa shape index (κ2) is 5.32. The molecule has 1 saturated carbocycles. The average Bonchev–Trinajstić information content (AvgIpc) is 3.27. The van der Waals surface area contributed by atoms with Crippen LogP contribution in [-0.4, -0.2) is 37.0 Å². The summed E-state index contributed by atoms with van der Waals surface area (Å²) >= 11 is 12.4. The zero-order valence-corrected chi connectivity index (χ0v) is 13.4. The fourth-order valence-corrected chi connectivity index (χ4v) is 3.06. The van der Waals surface area contributed by atoms with Gasteiger partial charge in [-0.05, 0) is 18.9 Å². The van der Waals surface area contributed by atoms with Crippen LogP contribution in [0.15, 0.2) is 17.3 Å². The van der Waals surface area contributed by atoms with E-state index in [-0.39, 0.29) is 32.5 Å². The van der Waals surface area contributed by atoms with Crippen LogP contribution >= 0.6 is 23.2 Å². The minimum absolute atomic E-state index is 0.0731. The van der Waals surface area contributed by atoms with E-state index in [1.165, 1.54) is 16.8 Å². The first-order valence-corrected chi connectivity index (χ1v) is 7.78. The average molecular weight is 377 g/mol. The highest BCUT2D eigenvalue weighted by Gasteiger charge is 2.43. The molecule has 2 aromatic rings. The van der Waals surface area contributed by atoms with Gasteiger partial charge in [-0.25, -0.2) is 0 Å². The third-order valence-corrected chi connectivity index (χ3v) is 4.40. The van der Waals surface area contributed by atoms with Gasteiger partial charge in [0.25, 0.3) is 5.78 Å². The summed E-state index contributed by atoms with van der Waals surface area (Å²) in [5, 5.41) is 3.97. The molecule has 4 rings (SSSR count). The SMILES string of the molecule is FC(F)(F)N1C=CC=NC1c1c(Cl)nc2nc(C3CC3)nn2c1Cl. The first-order valence-electron chi connectivity index (χ1n) is 7.03. The van der Waals surface area contributed by atoms with Gasteiger partial charge in [-0.15, -0.1) is 5.10 Å². The molecule has 0 saturated heterocycles. The lowest BCUT2D eigenvalue weighted by Crippen LogP contribution is -2.37. The zero-order valence-electron chi connectivity index (χ0n) is 11.9. The molecular formula is C13H9Cl2F3N6.